The van der Waals surface area contributed by atoms with Crippen molar-refractivity contribution in [3.05, 3.63) is 29.8 Å². The van der Waals surface area contributed by atoms with E-state index in [4.69, 9.17) is 4.74 Å². The molecule has 1 amide bonds. The molecule has 2 rings (SSSR count). The Labute approximate surface area is 157 Å². The molecule has 4 heteroatoms. The van der Waals surface area contributed by atoms with Gasteiger partial charge in [0.2, 0.25) is 0 Å². The maximum atomic E-state index is 12.2. The van der Waals surface area contributed by atoms with Gasteiger partial charge in [0.05, 0.1) is 0 Å². The van der Waals surface area contributed by atoms with E-state index in [2.05, 4.69) is 38.2 Å². The van der Waals surface area contributed by atoms with E-state index in [1.165, 1.54) is 37.7 Å². The zero-order valence-electron chi connectivity index (χ0n) is 16.1. The van der Waals surface area contributed by atoms with Gasteiger partial charge in [0.15, 0.2) is 6.10 Å². The van der Waals surface area contributed by atoms with E-state index in [0.717, 1.165) is 23.3 Å². The highest BCUT2D eigenvalue weighted by atomic mass is 32.2. The van der Waals surface area contributed by atoms with Crippen molar-refractivity contribution in [3.63, 3.8) is 0 Å². The van der Waals surface area contributed by atoms with Gasteiger partial charge in [-0.15, -0.1) is 0 Å². The van der Waals surface area contributed by atoms with Crippen LogP contribution in [0.5, 0.6) is 5.75 Å². The summed E-state index contributed by atoms with van der Waals surface area (Å²) >= 11 is 2.00. The number of benzene rings is 1. The third-order valence-corrected chi connectivity index (χ3v) is 6.09. The minimum Gasteiger partial charge on any atom is -0.481 e. The van der Waals surface area contributed by atoms with Crippen molar-refractivity contribution in [2.24, 2.45) is 0 Å². The summed E-state index contributed by atoms with van der Waals surface area (Å²) in [5.74, 6) is 1.69. The Morgan fingerprint density at radius 2 is 1.84 bits per heavy atom. The van der Waals surface area contributed by atoms with E-state index in [9.17, 15) is 4.79 Å². The van der Waals surface area contributed by atoms with Gasteiger partial charge >= 0.3 is 0 Å². The minimum absolute atomic E-state index is 0.0378. The summed E-state index contributed by atoms with van der Waals surface area (Å²) in [5.41, 5.74) is 1.38. The topological polar surface area (TPSA) is 38.3 Å². The maximum Gasteiger partial charge on any atom is 0.260 e. The van der Waals surface area contributed by atoms with Crippen molar-refractivity contribution in [2.45, 2.75) is 76.6 Å². The molecule has 1 saturated carbocycles. The number of rotatable bonds is 7. The van der Waals surface area contributed by atoms with Gasteiger partial charge in [-0.25, -0.2) is 0 Å². The molecule has 1 aromatic carbocycles. The summed E-state index contributed by atoms with van der Waals surface area (Å²) in [4.78, 5) is 12.2. The Balaban J connectivity index is 1.69. The number of hydrogen-bond acceptors (Lipinski definition) is 3. The quantitative estimate of drug-likeness (QED) is 0.698. The molecule has 140 valence electrons. The predicted octanol–water partition coefficient (Wildman–Crippen LogP) is 4.93. The lowest BCUT2D eigenvalue weighted by Crippen LogP contribution is -2.37. The molecular weight excluding hydrogens is 330 g/mol. The second-order valence-corrected chi connectivity index (χ2v) is 9.36. The summed E-state index contributed by atoms with van der Waals surface area (Å²) in [5, 5.41) is 3.79. The molecule has 25 heavy (non-hydrogen) atoms. The van der Waals surface area contributed by atoms with Crippen LogP contribution in [0.25, 0.3) is 0 Å². The molecule has 1 aliphatic rings. The molecule has 0 spiro atoms. The zero-order valence-corrected chi connectivity index (χ0v) is 17.0. The first-order chi connectivity index (χ1) is 11.9. The Hall–Kier alpha value is -1.16. The van der Waals surface area contributed by atoms with Gasteiger partial charge in [-0.05, 0) is 42.9 Å². The van der Waals surface area contributed by atoms with Crippen molar-refractivity contribution < 1.29 is 9.53 Å². The molecule has 1 N–H and O–H groups in total. The van der Waals surface area contributed by atoms with Gasteiger partial charge in [0, 0.05) is 17.5 Å². The number of thioether (sulfide) groups is 1. The molecule has 3 nitrogen and oxygen atoms in total. The summed E-state index contributed by atoms with van der Waals surface area (Å²) in [6, 6.07) is 8.04. The van der Waals surface area contributed by atoms with Crippen LogP contribution in [0.3, 0.4) is 0 Å². The van der Waals surface area contributed by atoms with Gasteiger partial charge in [-0.3, -0.25) is 4.79 Å². The highest BCUT2D eigenvalue weighted by Gasteiger charge is 2.17. The smallest absolute Gasteiger partial charge is 0.260 e. The average Bonchev–Trinajstić information content (AvgIpc) is 2.59. The van der Waals surface area contributed by atoms with Crippen molar-refractivity contribution in [1.82, 2.24) is 5.32 Å². The number of nitrogens with one attached hydrogen (secondary N) is 1. The van der Waals surface area contributed by atoms with Crippen LogP contribution >= 0.6 is 11.8 Å². The maximum absolute atomic E-state index is 12.2. The van der Waals surface area contributed by atoms with E-state index >= 15 is 0 Å². The molecule has 0 unspecified atom stereocenters. The fourth-order valence-corrected chi connectivity index (χ4v) is 4.29. The number of hydrogen-bond donors (Lipinski definition) is 1. The largest absolute Gasteiger partial charge is 0.481 e. The summed E-state index contributed by atoms with van der Waals surface area (Å²) in [6.07, 6.45) is 6.32. The zero-order chi connectivity index (χ0) is 18.3. The molecule has 0 radical (unpaired) electrons. The highest BCUT2D eigenvalue weighted by Crippen LogP contribution is 2.28. The van der Waals surface area contributed by atoms with Gasteiger partial charge in [-0.2, -0.15) is 11.8 Å². The van der Waals surface area contributed by atoms with E-state index in [0.29, 0.717) is 0 Å². The Morgan fingerprint density at radius 3 is 2.44 bits per heavy atom. The van der Waals surface area contributed by atoms with E-state index < -0.39 is 6.10 Å². The van der Waals surface area contributed by atoms with Crippen LogP contribution in [0, 0.1) is 0 Å². The van der Waals surface area contributed by atoms with E-state index in [1.54, 1.807) is 6.92 Å². The van der Waals surface area contributed by atoms with E-state index in [1.807, 2.05) is 23.9 Å². The van der Waals surface area contributed by atoms with Gasteiger partial charge in [0.1, 0.15) is 5.75 Å². The first kappa shape index (κ1) is 20.2. The lowest BCUT2D eigenvalue weighted by Gasteiger charge is -2.21. The summed E-state index contributed by atoms with van der Waals surface area (Å²) in [6.45, 7) is 9.08. The molecule has 0 heterocycles. The highest BCUT2D eigenvalue weighted by molar-refractivity contribution is 7.99. The molecule has 1 aromatic rings. The molecule has 0 saturated heterocycles. The van der Waals surface area contributed by atoms with Crippen LogP contribution < -0.4 is 10.1 Å². The van der Waals surface area contributed by atoms with Crippen molar-refractivity contribution in [2.75, 3.05) is 12.3 Å². The summed E-state index contributed by atoms with van der Waals surface area (Å²) < 4.78 is 5.77. The molecule has 1 fully saturated rings. The number of amides is 1. The van der Waals surface area contributed by atoms with Crippen LogP contribution in [0.4, 0.5) is 0 Å². The minimum atomic E-state index is -0.472. The summed E-state index contributed by atoms with van der Waals surface area (Å²) in [7, 11) is 0. The Bertz CT molecular complexity index is 530. The van der Waals surface area contributed by atoms with Crippen molar-refractivity contribution in [1.29, 1.82) is 0 Å². The third kappa shape index (κ3) is 6.93. The monoisotopic (exact) mass is 363 g/mol. The third-order valence-electron chi connectivity index (χ3n) is 4.71. The van der Waals surface area contributed by atoms with Crippen molar-refractivity contribution in [3.8, 4) is 5.75 Å². The molecular formula is C21H33NO2S. The number of ether oxygens (including phenoxy) is 1. The number of carbonyl (C=O) groups excluding carboxylic acids is 1. The fraction of sp³-hybridized carbons (Fsp3) is 0.667. The SMILES string of the molecule is C[C@H](Oc1ccc(C(C)(C)C)cc1)C(=O)NCCSC1CCCCC1. The normalized spacial score (nSPS) is 17.1. The first-order valence-corrected chi connectivity index (χ1v) is 10.6. The molecule has 0 bridgehead atoms. The second kappa shape index (κ2) is 9.51. The number of carbonyl (C=O) groups is 1. The molecule has 1 aliphatic carbocycles. The first-order valence-electron chi connectivity index (χ1n) is 9.53. The molecule has 0 aromatic heterocycles. The van der Waals surface area contributed by atoms with Crippen LogP contribution in [0.15, 0.2) is 24.3 Å². The van der Waals surface area contributed by atoms with Crippen LogP contribution in [0.1, 0.15) is 65.4 Å². The standard InChI is InChI=1S/C21H33NO2S/c1-16(24-18-12-10-17(11-13-18)21(2,3)4)20(23)22-14-15-25-19-8-6-5-7-9-19/h10-13,16,19H,5-9,14-15H2,1-4H3,(H,22,23)/t16-/m0/s1. The molecule has 1 atom stereocenters. The predicted molar refractivity (Wildman–Crippen MR) is 108 cm³/mol. The van der Waals surface area contributed by atoms with Crippen LogP contribution in [-0.4, -0.2) is 29.6 Å². The van der Waals surface area contributed by atoms with Crippen molar-refractivity contribution >= 4 is 17.7 Å². The lowest BCUT2D eigenvalue weighted by molar-refractivity contribution is -0.127. The van der Waals surface area contributed by atoms with Gasteiger partial charge in [0.25, 0.3) is 5.91 Å². The fourth-order valence-electron chi connectivity index (χ4n) is 3.07. The second-order valence-electron chi connectivity index (χ2n) is 7.96. The van der Waals surface area contributed by atoms with Crippen LogP contribution in [0.2, 0.25) is 0 Å². The lowest BCUT2D eigenvalue weighted by atomic mass is 9.87. The van der Waals surface area contributed by atoms with Crippen LogP contribution in [-0.2, 0) is 10.2 Å². The van der Waals surface area contributed by atoms with E-state index in [-0.39, 0.29) is 11.3 Å². The van der Waals surface area contributed by atoms with Gasteiger partial charge < -0.3 is 10.1 Å². The Kier molecular flexibility index (Phi) is 7.67. The van der Waals surface area contributed by atoms with Gasteiger partial charge in [-0.1, -0.05) is 52.2 Å². The Morgan fingerprint density at radius 1 is 1.20 bits per heavy atom. The molecule has 0 aliphatic heterocycles. The average molecular weight is 364 g/mol.